The van der Waals surface area contributed by atoms with Crippen LogP contribution in [0, 0.1) is 11.6 Å². The highest BCUT2D eigenvalue weighted by atomic mass is 19.1. The first-order valence-corrected chi connectivity index (χ1v) is 5.04. The summed E-state index contributed by atoms with van der Waals surface area (Å²) in [4.78, 5) is 15.5. The van der Waals surface area contributed by atoms with Gasteiger partial charge in [0.05, 0.1) is 5.56 Å². The number of nitrogens with one attached hydrogen (secondary N) is 1. The minimum Gasteiger partial charge on any atom is -0.383 e. The Balaban J connectivity index is 2.24. The molecule has 6 heteroatoms. The molecule has 1 heterocycles. The van der Waals surface area contributed by atoms with Gasteiger partial charge in [0.1, 0.15) is 17.5 Å². The Hall–Kier alpha value is -2.50. The summed E-state index contributed by atoms with van der Waals surface area (Å²) in [5.41, 5.74) is 5.67. The minimum atomic E-state index is -0.774. The zero-order valence-electron chi connectivity index (χ0n) is 9.15. The zero-order valence-corrected chi connectivity index (χ0v) is 9.15. The van der Waals surface area contributed by atoms with Crippen molar-refractivity contribution in [1.29, 1.82) is 0 Å². The number of nitrogens with zero attached hydrogens (tertiary/aromatic N) is 1. The third-order valence-corrected chi connectivity index (χ3v) is 2.20. The number of nitrogens with two attached hydrogens (primary N) is 1. The fraction of sp³-hybridized carbons (Fsp3) is 0. The van der Waals surface area contributed by atoms with E-state index in [0.29, 0.717) is 6.07 Å². The monoisotopic (exact) mass is 249 g/mol. The number of amides is 1. The van der Waals surface area contributed by atoms with Crippen LogP contribution in [0.4, 0.5) is 20.3 Å². The first-order valence-electron chi connectivity index (χ1n) is 5.04. The third kappa shape index (κ3) is 2.60. The van der Waals surface area contributed by atoms with E-state index in [1.807, 2.05) is 0 Å². The van der Waals surface area contributed by atoms with Crippen molar-refractivity contribution in [3.8, 4) is 0 Å². The maximum Gasteiger partial charge on any atom is 0.259 e. The molecule has 0 saturated carbocycles. The Bertz CT molecular complexity index is 581. The highest BCUT2D eigenvalue weighted by Crippen LogP contribution is 2.15. The highest BCUT2D eigenvalue weighted by molar-refractivity contribution is 6.07. The predicted molar refractivity (Wildman–Crippen MR) is 63.0 cm³/mol. The van der Waals surface area contributed by atoms with Crippen molar-refractivity contribution in [2.45, 2.75) is 0 Å². The molecular weight excluding hydrogens is 240 g/mol. The molecule has 18 heavy (non-hydrogen) atoms. The minimum absolute atomic E-state index is 0.0146. The number of pyridine rings is 1. The first kappa shape index (κ1) is 12.0. The van der Waals surface area contributed by atoms with Crippen LogP contribution in [-0.2, 0) is 0 Å². The average Bonchev–Trinajstić information content (AvgIpc) is 2.27. The fourth-order valence-corrected chi connectivity index (χ4v) is 1.43. The number of aromatic nitrogens is 1. The Labute approximate surface area is 101 Å². The van der Waals surface area contributed by atoms with Gasteiger partial charge in [0.25, 0.3) is 5.91 Å². The highest BCUT2D eigenvalue weighted by Gasteiger charge is 2.11. The summed E-state index contributed by atoms with van der Waals surface area (Å²) in [7, 11) is 0. The lowest BCUT2D eigenvalue weighted by Crippen LogP contribution is -2.14. The molecule has 0 unspecified atom stereocenters. The Morgan fingerprint density at radius 1 is 1.22 bits per heavy atom. The molecule has 0 saturated heterocycles. The number of nitrogen functional groups attached to an aromatic ring is 1. The number of halogens is 2. The molecule has 2 aromatic rings. The summed E-state index contributed by atoms with van der Waals surface area (Å²) in [6, 6.07) is 5.74. The van der Waals surface area contributed by atoms with Gasteiger partial charge >= 0.3 is 0 Å². The predicted octanol–water partition coefficient (Wildman–Crippen LogP) is 2.19. The maximum absolute atomic E-state index is 12.9. The van der Waals surface area contributed by atoms with E-state index in [-0.39, 0.29) is 17.1 Å². The van der Waals surface area contributed by atoms with Crippen LogP contribution < -0.4 is 11.1 Å². The molecule has 92 valence electrons. The number of carbonyl (C=O) groups is 1. The van der Waals surface area contributed by atoms with E-state index in [0.717, 1.165) is 12.1 Å². The average molecular weight is 249 g/mol. The Morgan fingerprint density at radius 2 is 1.89 bits per heavy atom. The summed E-state index contributed by atoms with van der Waals surface area (Å²) >= 11 is 0. The molecule has 2 rings (SSSR count). The van der Waals surface area contributed by atoms with Crippen LogP contribution in [0.25, 0.3) is 0 Å². The van der Waals surface area contributed by atoms with Gasteiger partial charge in [-0.1, -0.05) is 0 Å². The number of hydrogen-bond donors (Lipinski definition) is 2. The molecule has 0 atom stereocenters. The summed E-state index contributed by atoms with van der Waals surface area (Å²) < 4.78 is 25.9. The van der Waals surface area contributed by atoms with Crippen molar-refractivity contribution in [1.82, 2.24) is 4.98 Å². The molecule has 1 aromatic heterocycles. The van der Waals surface area contributed by atoms with Crippen molar-refractivity contribution in [3.63, 3.8) is 0 Å². The number of hydrogen-bond acceptors (Lipinski definition) is 3. The molecule has 3 N–H and O–H groups in total. The maximum atomic E-state index is 12.9. The van der Waals surface area contributed by atoms with Crippen LogP contribution in [0.1, 0.15) is 10.4 Å². The molecule has 0 fully saturated rings. The van der Waals surface area contributed by atoms with Crippen LogP contribution >= 0.6 is 0 Å². The molecule has 0 aliphatic heterocycles. The second-order valence-electron chi connectivity index (χ2n) is 3.55. The van der Waals surface area contributed by atoms with Crippen LogP contribution in [0.2, 0.25) is 0 Å². The van der Waals surface area contributed by atoms with Gasteiger partial charge in [0.15, 0.2) is 0 Å². The van der Waals surface area contributed by atoms with Gasteiger partial charge in [-0.25, -0.2) is 13.8 Å². The number of carbonyl (C=O) groups excluding carboxylic acids is 1. The number of anilines is 2. The van der Waals surface area contributed by atoms with Gasteiger partial charge in [-0.3, -0.25) is 4.79 Å². The summed E-state index contributed by atoms with van der Waals surface area (Å²) in [5.74, 6) is -2.08. The largest absolute Gasteiger partial charge is 0.383 e. The van der Waals surface area contributed by atoms with Gasteiger partial charge < -0.3 is 11.1 Å². The van der Waals surface area contributed by atoms with Crippen molar-refractivity contribution >= 4 is 17.4 Å². The molecule has 4 nitrogen and oxygen atoms in total. The molecule has 0 aliphatic rings. The van der Waals surface area contributed by atoms with Crippen LogP contribution in [0.3, 0.4) is 0 Å². The number of benzene rings is 1. The van der Waals surface area contributed by atoms with Crippen molar-refractivity contribution in [3.05, 3.63) is 53.7 Å². The van der Waals surface area contributed by atoms with Gasteiger partial charge in [0, 0.05) is 18.0 Å². The summed E-state index contributed by atoms with van der Waals surface area (Å²) in [5, 5.41) is 2.34. The van der Waals surface area contributed by atoms with E-state index in [1.165, 1.54) is 18.3 Å². The molecule has 0 aliphatic carbocycles. The normalized spacial score (nSPS) is 10.1. The van der Waals surface area contributed by atoms with Gasteiger partial charge in [0.2, 0.25) is 0 Å². The SMILES string of the molecule is Nc1ncccc1C(=O)Nc1cc(F)cc(F)c1. The lowest BCUT2D eigenvalue weighted by atomic mass is 10.2. The second kappa shape index (κ2) is 4.79. The molecule has 1 aromatic carbocycles. The van der Waals surface area contributed by atoms with E-state index in [4.69, 9.17) is 5.73 Å². The lowest BCUT2D eigenvalue weighted by molar-refractivity contribution is 0.102. The van der Waals surface area contributed by atoms with E-state index in [2.05, 4.69) is 10.3 Å². The number of rotatable bonds is 2. The van der Waals surface area contributed by atoms with Crippen molar-refractivity contribution < 1.29 is 13.6 Å². The third-order valence-electron chi connectivity index (χ3n) is 2.20. The van der Waals surface area contributed by atoms with Gasteiger partial charge in [-0.15, -0.1) is 0 Å². The van der Waals surface area contributed by atoms with Gasteiger partial charge in [-0.05, 0) is 24.3 Å². The van der Waals surface area contributed by atoms with Crippen molar-refractivity contribution in [2.24, 2.45) is 0 Å². The van der Waals surface area contributed by atoms with Crippen molar-refractivity contribution in [2.75, 3.05) is 11.1 Å². The summed E-state index contributed by atoms with van der Waals surface area (Å²) in [6.45, 7) is 0. The standard InChI is InChI=1S/C12H9F2N3O/c13-7-4-8(14)6-9(5-7)17-12(18)10-2-1-3-16-11(10)15/h1-6H,(H2,15,16)(H,17,18). The molecule has 1 amide bonds. The molecular formula is C12H9F2N3O. The quantitative estimate of drug-likeness (QED) is 0.857. The molecule has 0 radical (unpaired) electrons. The fourth-order valence-electron chi connectivity index (χ4n) is 1.43. The first-order chi connectivity index (χ1) is 8.56. The Kier molecular flexibility index (Phi) is 3.18. The topological polar surface area (TPSA) is 68.0 Å². The van der Waals surface area contributed by atoms with E-state index < -0.39 is 17.5 Å². The Morgan fingerprint density at radius 3 is 2.50 bits per heavy atom. The van der Waals surface area contributed by atoms with Crippen LogP contribution in [0.15, 0.2) is 36.5 Å². The molecule has 0 spiro atoms. The van der Waals surface area contributed by atoms with E-state index in [9.17, 15) is 13.6 Å². The molecule has 0 bridgehead atoms. The van der Waals surface area contributed by atoms with Crippen LogP contribution in [0.5, 0.6) is 0 Å². The van der Waals surface area contributed by atoms with E-state index >= 15 is 0 Å². The summed E-state index contributed by atoms with van der Waals surface area (Å²) in [6.07, 6.45) is 1.44. The van der Waals surface area contributed by atoms with Gasteiger partial charge in [-0.2, -0.15) is 0 Å². The van der Waals surface area contributed by atoms with Crippen LogP contribution in [-0.4, -0.2) is 10.9 Å². The lowest BCUT2D eigenvalue weighted by Gasteiger charge is -2.06. The van der Waals surface area contributed by atoms with E-state index in [1.54, 1.807) is 0 Å². The zero-order chi connectivity index (χ0) is 13.1. The second-order valence-corrected chi connectivity index (χ2v) is 3.55. The smallest absolute Gasteiger partial charge is 0.259 e.